The second-order valence-corrected chi connectivity index (χ2v) is 11.7. The van der Waals surface area contributed by atoms with E-state index in [4.69, 9.17) is 4.74 Å². The number of ether oxygens (including phenoxy) is 1. The lowest BCUT2D eigenvalue weighted by Gasteiger charge is -2.32. The van der Waals surface area contributed by atoms with E-state index < -0.39 is 24.1 Å². The van der Waals surface area contributed by atoms with Crippen molar-refractivity contribution >= 4 is 40.8 Å². The lowest BCUT2D eigenvalue weighted by atomic mass is 10.0. The molecule has 0 saturated carbocycles. The molecule has 7 rings (SSSR count). The molecule has 0 spiro atoms. The van der Waals surface area contributed by atoms with E-state index in [1.807, 2.05) is 12.1 Å². The van der Waals surface area contributed by atoms with Crippen LogP contribution < -0.4 is 20.4 Å². The van der Waals surface area contributed by atoms with Crippen molar-refractivity contribution in [2.45, 2.75) is 38.3 Å². The Labute approximate surface area is 267 Å². The standard InChI is InChI=1S/C30H33F2N11O4/c31-27(32)26-22(35-29(45)21-16-34-42-10-5-24(36-28(21)42)40-11-13-47-14-12-40)18-43(38-26)20-3-7-39(8-4-20)17-19-1-2-23(33-15-19)41-9-6-25(44)37-30(41)46/h1-2,5,10,15-16,18,20,27H,3-4,6-9,11-14,17H2,(H,35,45)(H,37,44,46). The predicted octanol–water partition coefficient (Wildman–Crippen LogP) is 2.63. The summed E-state index contributed by atoms with van der Waals surface area (Å²) in [4.78, 5) is 51.6. The molecule has 7 heterocycles. The number of fused-ring (bicyclic) bond motifs is 1. The molecule has 0 bridgehead atoms. The topological polar surface area (TPSA) is 155 Å². The average Bonchev–Trinajstić information content (AvgIpc) is 3.70. The van der Waals surface area contributed by atoms with E-state index in [2.05, 4.69) is 40.6 Å². The normalized spacial score (nSPS) is 18.3. The van der Waals surface area contributed by atoms with Gasteiger partial charge in [-0.05, 0) is 30.5 Å². The van der Waals surface area contributed by atoms with E-state index in [0.29, 0.717) is 76.1 Å². The lowest BCUT2D eigenvalue weighted by Crippen LogP contribution is -2.49. The molecule has 47 heavy (non-hydrogen) atoms. The number of pyridine rings is 1. The maximum Gasteiger partial charge on any atom is 0.329 e. The van der Waals surface area contributed by atoms with Gasteiger partial charge in [0.25, 0.3) is 12.3 Å². The number of halogens is 2. The van der Waals surface area contributed by atoms with E-state index in [1.54, 1.807) is 18.5 Å². The molecule has 2 N–H and O–H groups in total. The monoisotopic (exact) mass is 649 g/mol. The first kappa shape index (κ1) is 30.6. The van der Waals surface area contributed by atoms with Crippen molar-refractivity contribution in [2.24, 2.45) is 0 Å². The zero-order valence-corrected chi connectivity index (χ0v) is 25.4. The Hall–Kier alpha value is -5.03. The predicted molar refractivity (Wildman–Crippen MR) is 164 cm³/mol. The molecule has 0 atom stereocenters. The third-order valence-electron chi connectivity index (χ3n) is 8.63. The highest BCUT2D eigenvalue weighted by molar-refractivity contribution is 6.08. The number of nitrogens with zero attached hydrogens (tertiary/aromatic N) is 9. The van der Waals surface area contributed by atoms with E-state index >= 15 is 0 Å². The minimum absolute atomic E-state index is 0.0472. The summed E-state index contributed by atoms with van der Waals surface area (Å²) in [5.74, 6) is 0.259. The highest BCUT2D eigenvalue weighted by atomic mass is 19.3. The fourth-order valence-corrected chi connectivity index (χ4v) is 6.08. The van der Waals surface area contributed by atoms with Crippen molar-refractivity contribution in [1.29, 1.82) is 0 Å². The molecule has 3 fully saturated rings. The molecular formula is C30H33F2N11O4. The second kappa shape index (κ2) is 13.0. The molecule has 3 aliphatic heterocycles. The maximum atomic E-state index is 14.1. The maximum absolute atomic E-state index is 14.1. The molecule has 4 aromatic heterocycles. The Morgan fingerprint density at radius 2 is 1.85 bits per heavy atom. The Kier molecular flexibility index (Phi) is 8.46. The molecule has 0 aromatic carbocycles. The van der Waals surface area contributed by atoms with Crippen LogP contribution in [0.5, 0.6) is 0 Å². The summed E-state index contributed by atoms with van der Waals surface area (Å²) >= 11 is 0. The number of rotatable bonds is 8. The Morgan fingerprint density at radius 3 is 2.57 bits per heavy atom. The number of aromatic nitrogens is 6. The Balaban J connectivity index is 0.985. The number of nitrogens with one attached hydrogen (secondary N) is 2. The van der Waals surface area contributed by atoms with Gasteiger partial charge in [-0.1, -0.05) is 6.07 Å². The Morgan fingerprint density at radius 1 is 1.04 bits per heavy atom. The lowest BCUT2D eigenvalue weighted by molar-refractivity contribution is -0.120. The summed E-state index contributed by atoms with van der Waals surface area (Å²) in [5, 5.41) is 13.3. The van der Waals surface area contributed by atoms with Crippen LogP contribution in [0.25, 0.3) is 5.65 Å². The molecular weight excluding hydrogens is 616 g/mol. The summed E-state index contributed by atoms with van der Waals surface area (Å²) in [7, 11) is 0. The number of piperidine rings is 1. The zero-order chi connectivity index (χ0) is 32.5. The molecule has 246 valence electrons. The van der Waals surface area contributed by atoms with Crippen molar-refractivity contribution in [3.8, 4) is 0 Å². The number of hydrogen-bond acceptors (Lipinski definition) is 10. The first-order valence-corrected chi connectivity index (χ1v) is 15.5. The SMILES string of the molecule is O=C1CCN(c2ccc(CN3CCC(n4cc(NC(=O)c5cnn6ccc(N7CCOCC7)nc56)c(C(F)F)n4)CC3)cn2)C(=O)N1. The van der Waals surface area contributed by atoms with Crippen molar-refractivity contribution in [3.63, 3.8) is 0 Å². The number of hydrogen-bond donors (Lipinski definition) is 2. The molecule has 4 aromatic rings. The smallest absolute Gasteiger partial charge is 0.329 e. The van der Waals surface area contributed by atoms with Gasteiger partial charge in [-0.2, -0.15) is 10.2 Å². The van der Waals surface area contributed by atoms with E-state index in [0.717, 1.165) is 5.56 Å². The van der Waals surface area contributed by atoms with Gasteiger partial charge in [0.05, 0.1) is 31.1 Å². The molecule has 0 aliphatic carbocycles. The number of carbonyl (C=O) groups is 3. The molecule has 4 amide bonds. The van der Waals surface area contributed by atoms with Gasteiger partial charge in [0.2, 0.25) is 5.91 Å². The van der Waals surface area contributed by atoms with Gasteiger partial charge in [-0.25, -0.2) is 28.1 Å². The largest absolute Gasteiger partial charge is 0.378 e. The number of morpholine rings is 1. The summed E-state index contributed by atoms with van der Waals surface area (Å²) in [5.41, 5.74) is 0.913. The third kappa shape index (κ3) is 6.48. The molecule has 0 radical (unpaired) electrons. The summed E-state index contributed by atoms with van der Waals surface area (Å²) in [6, 6.07) is 4.87. The van der Waals surface area contributed by atoms with Crippen LogP contribution in [0.15, 0.2) is 43.0 Å². The number of likely N-dealkylation sites (tertiary alicyclic amines) is 1. The Bertz CT molecular complexity index is 1780. The zero-order valence-electron chi connectivity index (χ0n) is 25.4. The van der Waals surface area contributed by atoms with Crippen LogP contribution in [0.4, 0.5) is 30.9 Å². The number of carbonyl (C=O) groups excluding carboxylic acids is 3. The average molecular weight is 650 g/mol. The molecule has 3 saturated heterocycles. The number of urea groups is 1. The summed E-state index contributed by atoms with van der Waals surface area (Å²) < 4.78 is 36.6. The van der Waals surface area contributed by atoms with Gasteiger partial charge < -0.3 is 15.0 Å². The van der Waals surface area contributed by atoms with Gasteiger partial charge in [0.1, 0.15) is 17.2 Å². The number of amides is 4. The summed E-state index contributed by atoms with van der Waals surface area (Å²) in [6.07, 6.45) is 4.97. The van der Waals surface area contributed by atoms with Crippen LogP contribution in [-0.4, -0.2) is 98.0 Å². The first-order chi connectivity index (χ1) is 22.8. The second-order valence-electron chi connectivity index (χ2n) is 11.7. The molecule has 0 unspecified atom stereocenters. The van der Waals surface area contributed by atoms with Crippen LogP contribution in [0.2, 0.25) is 0 Å². The van der Waals surface area contributed by atoms with Gasteiger partial charge >= 0.3 is 6.03 Å². The fraction of sp³-hybridized carbons (Fsp3) is 0.433. The van der Waals surface area contributed by atoms with Crippen LogP contribution in [0.3, 0.4) is 0 Å². The van der Waals surface area contributed by atoms with Crippen molar-refractivity contribution in [3.05, 3.63) is 59.8 Å². The van der Waals surface area contributed by atoms with Crippen molar-refractivity contribution in [1.82, 2.24) is 39.6 Å². The molecule has 15 nitrogen and oxygen atoms in total. The molecule has 3 aliphatic rings. The number of alkyl halides is 2. The minimum atomic E-state index is -2.88. The van der Waals surface area contributed by atoms with Gasteiger partial charge in [-0.3, -0.25) is 29.4 Å². The quantitative estimate of drug-likeness (QED) is 0.291. The van der Waals surface area contributed by atoms with Gasteiger partial charge in [0, 0.05) is 64.3 Å². The fourth-order valence-electron chi connectivity index (χ4n) is 6.08. The number of imide groups is 1. The highest BCUT2D eigenvalue weighted by Gasteiger charge is 2.28. The minimum Gasteiger partial charge on any atom is -0.378 e. The van der Waals surface area contributed by atoms with Crippen molar-refractivity contribution in [2.75, 3.05) is 61.1 Å². The third-order valence-corrected chi connectivity index (χ3v) is 8.63. The van der Waals surface area contributed by atoms with Crippen LogP contribution in [0, 0.1) is 0 Å². The van der Waals surface area contributed by atoms with Crippen LogP contribution in [-0.2, 0) is 16.1 Å². The van der Waals surface area contributed by atoms with E-state index in [9.17, 15) is 23.2 Å². The number of anilines is 3. The van der Waals surface area contributed by atoms with Crippen LogP contribution >= 0.6 is 0 Å². The van der Waals surface area contributed by atoms with E-state index in [-0.39, 0.29) is 36.2 Å². The van der Waals surface area contributed by atoms with Crippen LogP contribution in [0.1, 0.15) is 53.3 Å². The van der Waals surface area contributed by atoms with E-state index in [1.165, 1.54) is 26.5 Å². The van der Waals surface area contributed by atoms with Gasteiger partial charge in [0.15, 0.2) is 11.3 Å². The molecule has 17 heteroatoms. The van der Waals surface area contributed by atoms with Gasteiger partial charge in [-0.15, -0.1) is 0 Å². The summed E-state index contributed by atoms with van der Waals surface area (Å²) in [6.45, 7) is 4.82. The highest BCUT2D eigenvalue weighted by Crippen LogP contribution is 2.31. The van der Waals surface area contributed by atoms with Crippen molar-refractivity contribution < 1.29 is 27.9 Å². The first-order valence-electron chi connectivity index (χ1n) is 15.5.